The van der Waals surface area contributed by atoms with Crippen molar-refractivity contribution < 1.29 is 39.0 Å². The van der Waals surface area contributed by atoms with Gasteiger partial charge in [0.1, 0.15) is 55.3 Å². The van der Waals surface area contributed by atoms with Gasteiger partial charge in [-0.1, -0.05) is 0 Å². The Bertz CT molecular complexity index is 1590. The van der Waals surface area contributed by atoms with E-state index < -0.39 is 54.6 Å². The molecule has 4 aromatic rings. The summed E-state index contributed by atoms with van der Waals surface area (Å²) in [6.07, 6.45) is -3.71. The average molecular weight is 577 g/mol. The summed E-state index contributed by atoms with van der Waals surface area (Å²) >= 11 is 0. The minimum atomic E-state index is -1.38. The molecule has 0 bridgehead atoms. The van der Waals surface area contributed by atoms with Crippen LogP contribution in [0.25, 0.3) is 22.3 Å². The van der Waals surface area contributed by atoms with Crippen molar-refractivity contribution in [2.75, 3.05) is 38.6 Å². The zero-order valence-electron chi connectivity index (χ0n) is 21.5. The molecule has 19 heteroatoms. The first kappa shape index (κ1) is 27.4. The number of aliphatic hydroxyl groups is 3. The molecule has 0 amide bonds. The van der Waals surface area contributed by atoms with E-state index in [0.717, 1.165) is 0 Å². The smallest absolute Gasteiger partial charge is 0.280 e. The lowest BCUT2D eigenvalue weighted by Crippen LogP contribution is -2.38. The van der Waals surface area contributed by atoms with Crippen LogP contribution in [0.2, 0.25) is 0 Å². The molecule has 2 fully saturated rings. The molecule has 6 rings (SSSR count). The number of H-pyrrole nitrogens is 1. The van der Waals surface area contributed by atoms with Crippen LogP contribution in [0.15, 0.2) is 23.8 Å². The van der Waals surface area contributed by atoms with Crippen molar-refractivity contribution >= 4 is 34.1 Å². The van der Waals surface area contributed by atoms with Crippen LogP contribution in [0.4, 0.5) is 11.8 Å². The van der Waals surface area contributed by atoms with E-state index in [2.05, 4.69) is 29.9 Å². The number of aliphatic hydroxyl groups excluding tert-OH is 3. The van der Waals surface area contributed by atoms with E-state index in [0.29, 0.717) is 11.2 Å². The van der Waals surface area contributed by atoms with E-state index in [-0.39, 0.29) is 42.9 Å². The maximum atomic E-state index is 12.1. The van der Waals surface area contributed by atoms with Gasteiger partial charge in [-0.2, -0.15) is 4.98 Å². The minimum Gasteiger partial charge on any atom is -0.394 e. The quantitative estimate of drug-likeness (QED) is 0.0856. The first-order chi connectivity index (χ1) is 19.8. The normalized spacial score (nSPS) is 30.1. The maximum absolute atomic E-state index is 12.1. The molecule has 2 aliphatic heterocycles. The number of anilines is 2. The molecule has 220 valence electrons. The average Bonchev–Trinajstić information content (AvgIpc) is 3.71. The molecule has 6 heterocycles. The van der Waals surface area contributed by atoms with Gasteiger partial charge in [-0.05, 0) is 0 Å². The Labute approximate surface area is 229 Å². The lowest BCUT2D eigenvalue weighted by atomic mass is 10.1. The van der Waals surface area contributed by atoms with E-state index in [9.17, 15) is 20.1 Å². The van der Waals surface area contributed by atoms with E-state index in [4.69, 9.17) is 35.2 Å². The fourth-order valence-corrected chi connectivity index (χ4v) is 5.10. The third kappa shape index (κ3) is 4.67. The fourth-order valence-electron chi connectivity index (χ4n) is 5.10. The van der Waals surface area contributed by atoms with Crippen LogP contribution in [-0.2, 0) is 23.7 Å². The molecule has 8 N–H and O–H groups in total. The van der Waals surface area contributed by atoms with Gasteiger partial charge in [0, 0.05) is 7.11 Å². The highest BCUT2D eigenvalue weighted by atomic mass is 16.7. The highest BCUT2D eigenvalue weighted by Crippen LogP contribution is 2.35. The van der Waals surface area contributed by atoms with Gasteiger partial charge in [0.15, 0.2) is 35.1 Å². The van der Waals surface area contributed by atoms with Crippen LogP contribution in [-0.4, -0.2) is 118 Å². The Kier molecular flexibility index (Phi) is 7.25. The summed E-state index contributed by atoms with van der Waals surface area (Å²) in [5, 5.41) is 31.2. The lowest BCUT2D eigenvalue weighted by Gasteiger charge is -2.23. The van der Waals surface area contributed by atoms with Crippen LogP contribution >= 0.6 is 0 Å². The van der Waals surface area contributed by atoms with Crippen molar-refractivity contribution in [1.29, 1.82) is 0 Å². The fraction of sp³-hybridized carbons (Fsp3) is 0.545. The summed E-state index contributed by atoms with van der Waals surface area (Å²) < 4.78 is 31.9. The van der Waals surface area contributed by atoms with Gasteiger partial charge < -0.3 is 50.5 Å². The Balaban J connectivity index is 1.10. The predicted octanol–water partition coefficient (Wildman–Crippen LogP) is -2.99. The van der Waals surface area contributed by atoms with Crippen LogP contribution in [0.1, 0.15) is 12.5 Å². The molecule has 2 aliphatic rings. The summed E-state index contributed by atoms with van der Waals surface area (Å²) in [7, 11) is 1.47. The summed E-state index contributed by atoms with van der Waals surface area (Å²) in [4.78, 5) is 34.9. The second-order valence-corrected chi connectivity index (χ2v) is 9.47. The van der Waals surface area contributed by atoms with Crippen LogP contribution in [0.5, 0.6) is 0 Å². The van der Waals surface area contributed by atoms with Crippen molar-refractivity contribution in [2.24, 2.45) is 0 Å². The predicted molar refractivity (Wildman–Crippen MR) is 136 cm³/mol. The van der Waals surface area contributed by atoms with E-state index in [1.54, 1.807) is 4.57 Å². The topological polar surface area (TPSA) is 266 Å². The molecule has 0 unspecified atom stereocenters. The number of nitrogen functional groups attached to an aromatic ring is 2. The summed E-state index contributed by atoms with van der Waals surface area (Å²) in [6.45, 7) is -0.826. The molecule has 19 nitrogen and oxygen atoms in total. The Morgan fingerprint density at radius 1 is 0.976 bits per heavy atom. The largest absolute Gasteiger partial charge is 0.394 e. The second-order valence-electron chi connectivity index (χ2n) is 9.47. The molecular weight excluding hydrogens is 548 g/mol. The van der Waals surface area contributed by atoms with E-state index in [1.165, 1.54) is 30.7 Å². The van der Waals surface area contributed by atoms with E-state index >= 15 is 0 Å². The number of aromatic nitrogens is 8. The van der Waals surface area contributed by atoms with Crippen molar-refractivity contribution in [2.45, 2.75) is 49.1 Å². The number of aromatic amines is 1. The highest BCUT2D eigenvalue weighted by Gasteiger charge is 2.48. The number of imidazole rings is 2. The number of ether oxygens (including phenoxy) is 5. The number of nitrogens with two attached hydrogens (primary N) is 2. The van der Waals surface area contributed by atoms with Crippen molar-refractivity contribution in [3.05, 3.63) is 29.3 Å². The number of hydrogen-bond acceptors (Lipinski definition) is 16. The molecule has 0 saturated carbocycles. The molecule has 0 aromatic carbocycles. The lowest BCUT2D eigenvalue weighted by molar-refractivity contribution is -0.155. The number of fused-ring (bicyclic) bond motifs is 2. The van der Waals surface area contributed by atoms with Crippen LogP contribution in [0, 0.1) is 0 Å². The van der Waals surface area contributed by atoms with Crippen LogP contribution < -0.4 is 17.0 Å². The van der Waals surface area contributed by atoms with Gasteiger partial charge in [0.2, 0.25) is 5.95 Å². The monoisotopic (exact) mass is 576 g/mol. The number of hydrogen-bond donors (Lipinski definition) is 6. The molecule has 0 aliphatic carbocycles. The number of methoxy groups -OCH3 is 1. The second kappa shape index (κ2) is 10.9. The first-order valence-corrected chi connectivity index (χ1v) is 12.5. The zero-order valence-corrected chi connectivity index (χ0v) is 21.5. The molecule has 41 heavy (non-hydrogen) atoms. The summed E-state index contributed by atoms with van der Waals surface area (Å²) in [6, 6.07) is 0. The van der Waals surface area contributed by atoms with Gasteiger partial charge in [-0.3, -0.25) is 18.9 Å². The molecule has 4 aromatic heterocycles. The minimum absolute atomic E-state index is 0.000387. The molecule has 8 atom stereocenters. The van der Waals surface area contributed by atoms with Crippen LogP contribution in [0.3, 0.4) is 0 Å². The van der Waals surface area contributed by atoms with Crippen molar-refractivity contribution in [1.82, 2.24) is 39.0 Å². The molecule has 0 radical (unpaired) electrons. The summed E-state index contributed by atoms with van der Waals surface area (Å²) in [5.41, 5.74) is 11.9. The Morgan fingerprint density at radius 3 is 2.46 bits per heavy atom. The molecule has 0 spiro atoms. The third-order valence-electron chi connectivity index (χ3n) is 7.09. The van der Waals surface area contributed by atoms with Crippen molar-refractivity contribution in [3.63, 3.8) is 0 Å². The van der Waals surface area contributed by atoms with E-state index in [1.807, 2.05) is 0 Å². The number of rotatable bonds is 9. The van der Waals surface area contributed by atoms with Gasteiger partial charge in [0.25, 0.3) is 5.56 Å². The van der Waals surface area contributed by atoms with Gasteiger partial charge >= 0.3 is 0 Å². The number of nitrogens with zero attached hydrogens (tertiary/aromatic N) is 7. The third-order valence-corrected chi connectivity index (χ3v) is 7.09. The first-order valence-electron chi connectivity index (χ1n) is 12.5. The Morgan fingerprint density at radius 2 is 1.71 bits per heavy atom. The zero-order chi connectivity index (χ0) is 28.8. The Hall–Kier alpha value is -3.82. The molecular formula is C22H28N10O9. The van der Waals surface area contributed by atoms with Gasteiger partial charge in [0.05, 0.1) is 25.9 Å². The standard InChI is InChI=1S/C22H28N10O9/c1-37-15-14(8(2-33)40-21(15)31-5-27-10-16(23)25-4-26-17(10)31)39-7-38-3-9-12(34)13(35)20(41-9)32-6-28-11-18(32)29-22(24)30-19(11)36/h4-6,8-9,12-15,20-21,33-35H,2-3,7H2,1H3,(H2,23,25,26)(H3,24,29,30,36)/t8-,9-,12-,13-,14-,15-,20-,21-/m1/s1. The maximum Gasteiger partial charge on any atom is 0.280 e. The van der Waals surface area contributed by atoms with Gasteiger partial charge in [-0.15, -0.1) is 0 Å². The number of nitrogens with one attached hydrogen (secondary N) is 1. The molecule has 2 saturated heterocycles. The van der Waals surface area contributed by atoms with Crippen molar-refractivity contribution in [3.8, 4) is 0 Å². The summed E-state index contributed by atoms with van der Waals surface area (Å²) in [5.74, 6) is 0.0706. The SMILES string of the molecule is CO[C@@H]1[C@H](OCOC[C@H]2O[C@@H](n3cnc4c(=O)[nH]c(N)nc43)[C@H](O)[C@@H]2O)[C@@H](CO)O[C@H]1n1cnc2c(N)ncnc21. The highest BCUT2D eigenvalue weighted by molar-refractivity contribution is 5.81. The van der Waals surface area contributed by atoms with Gasteiger partial charge in [-0.25, -0.2) is 19.9 Å².